The number of carbonyl (C=O) groups is 1. The molecule has 4 aromatic rings. The summed E-state index contributed by atoms with van der Waals surface area (Å²) in [5, 5.41) is 4.17. The maximum atomic E-state index is 12.4. The Morgan fingerprint density at radius 2 is 1.74 bits per heavy atom. The third-order valence-electron chi connectivity index (χ3n) is 4.17. The van der Waals surface area contributed by atoms with Crippen LogP contribution < -0.4 is 10.1 Å². The van der Waals surface area contributed by atoms with Gasteiger partial charge in [-0.2, -0.15) is 0 Å². The Kier molecular flexibility index (Phi) is 6.76. The highest BCUT2D eigenvalue weighted by Crippen LogP contribution is 2.34. The van der Waals surface area contributed by atoms with Crippen LogP contribution in [0.25, 0.3) is 0 Å². The van der Waals surface area contributed by atoms with Crippen LogP contribution in [0, 0.1) is 0 Å². The summed E-state index contributed by atoms with van der Waals surface area (Å²) in [5.74, 6) is 0.771. The van der Waals surface area contributed by atoms with E-state index in [-0.39, 0.29) is 5.91 Å². The predicted molar refractivity (Wildman–Crippen MR) is 120 cm³/mol. The number of amides is 1. The molecule has 6 nitrogen and oxygen atoms in total. The van der Waals surface area contributed by atoms with Crippen LogP contribution in [0.5, 0.6) is 11.6 Å². The molecule has 0 saturated heterocycles. The maximum absolute atomic E-state index is 12.4. The number of nitrogens with one attached hydrogen (secondary N) is 1. The lowest BCUT2D eigenvalue weighted by molar-refractivity contribution is 0.0951. The summed E-state index contributed by atoms with van der Waals surface area (Å²) in [6, 6.07) is 18.1. The van der Waals surface area contributed by atoms with Crippen LogP contribution in [-0.2, 0) is 6.54 Å². The summed E-state index contributed by atoms with van der Waals surface area (Å²) in [6.45, 7) is 0.413. The number of halogens is 1. The molecule has 0 bridgehead atoms. The van der Waals surface area contributed by atoms with Crippen LogP contribution in [-0.4, -0.2) is 20.9 Å². The highest BCUT2D eigenvalue weighted by Gasteiger charge is 2.11. The van der Waals surface area contributed by atoms with Crippen molar-refractivity contribution in [3.63, 3.8) is 0 Å². The quantitative estimate of drug-likeness (QED) is 0.408. The van der Waals surface area contributed by atoms with Crippen molar-refractivity contribution < 1.29 is 9.53 Å². The standard InChI is InChI=1S/C23H17ClN4O2S/c24-18-5-9-20(10-6-18)31-23-22(26-12-13-27-23)30-19-7-3-17(4-8-19)21(29)28-15-16-2-1-11-25-14-16/h1-14H,15H2,(H,28,29). The van der Waals surface area contributed by atoms with E-state index in [9.17, 15) is 4.79 Å². The van der Waals surface area contributed by atoms with E-state index in [1.165, 1.54) is 11.8 Å². The third kappa shape index (κ3) is 5.81. The van der Waals surface area contributed by atoms with Crippen molar-refractivity contribution in [2.75, 3.05) is 0 Å². The van der Waals surface area contributed by atoms with Crippen molar-refractivity contribution in [1.82, 2.24) is 20.3 Å². The molecule has 31 heavy (non-hydrogen) atoms. The van der Waals surface area contributed by atoms with Gasteiger partial charge in [-0.05, 0) is 60.2 Å². The van der Waals surface area contributed by atoms with Crippen molar-refractivity contribution in [2.24, 2.45) is 0 Å². The molecule has 2 aromatic heterocycles. The van der Waals surface area contributed by atoms with E-state index in [1.807, 2.05) is 36.4 Å². The second kappa shape index (κ2) is 10.1. The minimum absolute atomic E-state index is 0.172. The smallest absolute Gasteiger partial charge is 0.252 e. The number of ether oxygens (including phenoxy) is 1. The molecule has 0 aliphatic heterocycles. The number of hydrogen-bond donors (Lipinski definition) is 1. The molecule has 0 saturated carbocycles. The zero-order chi connectivity index (χ0) is 21.5. The number of hydrogen-bond acceptors (Lipinski definition) is 6. The minimum atomic E-state index is -0.172. The van der Waals surface area contributed by atoms with Gasteiger partial charge in [0.25, 0.3) is 11.8 Å². The highest BCUT2D eigenvalue weighted by atomic mass is 35.5. The van der Waals surface area contributed by atoms with Gasteiger partial charge in [-0.25, -0.2) is 9.97 Å². The molecular formula is C23H17ClN4O2S. The molecule has 154 valence electrons. The summed E-state index contributed by atoms with van der Waals surface area (Å²) in [4.78, 5) is 26.0. The first-order chi connectivity index (χ1) is 15.2. The molecule has 4 rings (SSSR count). The van der Waals surface area contributed by atoms with Crippen molar-refractivity contribution in [3.8, 4) is 11.6 Å². The van der Waals surface area contributed by atoms with Crippen LogP contribution in [0.3, 0.4) is 0 Å². The van der Waals surface area contributed by atoms with Crippen LogP contribution >= 0.6 is 23.4 Å². The zero-order valence-corrected chi connectivity index (χ0v) is 17.8. The summed E-state index contributed by atoms with van der Waals surface area (Å²) < 4.78 is 5.91. The van der Waals surface area contributed by atoms with E-state index in [1.54, 1.807) is 49.1 Å². The van der Waals surface area contributed by atoms with Gasteiger partial charge in [0.15, 0.2) is 5.03 Å². The Morgan fingerprint density at radius 1 is 0.968 bits per heavy atom. The lowest BCUT2D eigenvalue weighted by Crippen LogP contribution is -2.22. The molecule has 0 atom stereocenters. The third-order valence-corrected chi connectivity index (χ3v) is 5.40. The fraction of sp³-hybridized carbons (Fsp3) is 0.0435. The second-order valence-corrected chi connectivity index (χ2v) is 7.89. The zero-order valence-electron chi connectivity index (χ0n) is 16.2. The lowest BCUT2D eigenvalue weighted by atomic mass is 10.2. The summed E-state index contributed by atoms with van der Waals surface area (Å²) in [7, 11) is 0. The van der Waals surface area contributed by atoms with E-state index >= 15 is 0 Å². The van der Waals surface area contributed by atoms with Gasteiger partial charge >= 0.3 is 0 Å². The van der Waals surface area contributed by atoms with E-state index in [2.05, 4.69) is 20.3 Å². The predicted octanol–water partition coefficient (Wildman–Crippen LogP) is 5.40. The molecule has 0 aliphatic carbocycles. The molecule has 1 N–H and O–H groups in total. The molecule has 0 unspecified atom stereocenters. The van der Waals surface area contributed by atoms with E-state index < -0.39 is 0 Å². The summed E-state index contributed by atoms with van der Waals surface area (Å²) >= 11 is 7.37. The number of aromatic nitrogens is 3. The van der Waals surface area contributed by atoms with Gasteiger partial charge in [-0.15, -0.1) is 0 Å². The minimum Gasteiger partial charge on any atom is -0.437 e. The fourth-order valence-electron chi connectivity index (χ4n) is 2.64. The monoisotopic (exact) mass is 448 g/mol. The van der Waals surface area contributed by atoms with Gasteiger partial charge < -0.3 is 10.1 Å². The number of carbonyl (C=O) groups excluding carboxylic acids is 1. The first kappa shape index (κ1) is 20.8. The normalized spacial score (nSPS) is 10.5. The highest BCUT2D eigenvalue weighted by molar-refractivity contribution is 7.99. The first-order valence-corrected chi connectivity index (χ1v) is 10.6. The Hall–Kier alpha value is -3.42. The molecular weight excluding hydrogens is 432 g/mol. The number of rotatable bonds is 7. The topological polar surface area (TPSA) is 77.0 Å². The van der Waals surface area contributed by atoms with Crippen molar-refractivity contribution in [2.45, 2.75) is 16.5 Å². The second-order valence-electron chi connectivity index (χ2n) is 6.39. The molecule has 8 heteroatoms. The van der Waals surface area contributed by atoms with Crippen molar-refractivity contribution in [3.05, 3.63) is 102 Å². The SMILES string of the molecule is O=C(NCc1cccnc1)c1ccc(Oc2nccnc2Sc2ccc(Cl)cc2)cc1. The van der Waals surface area contributed by atoms with Gasteiger partial charge in [0.1, 0.15) is 5.75 Å². The van der Waals surface area contributed by atoms with Crippen molar-refractivity contribution >= 4 is 29.3 Å². The average molecular weight is 449 g/mol. The lowest BCUT2D eigenvalue weighted by Gasteiger charge is -2.10. The maximum Gasteiger partial charge on any atom is 0.252 e. The number of pyridine rings is 1. The summed E-state index contributed by atoms with van der Waals surface area (Å²) in [5.41, 5.74) is 1.47. The van der Waals surface area contributed by atoms with Crippen LogP contribution in [0.15, 0.2) is 95.4 Å². The molecule has 2 heterocycles. The Balaban J connectivity index is 1.41. The number of nitrogens with zero attached hydrogens (tertiary/aromatic N) is 3. The number of benzene rings is 2. The van der Waals surface area contributed by atoms with E-state index in [4.69, 9.17) is 16.3 Å². The fourth-order valence-corrected chi connectivity index (χ4v) is 3.56. The molecule has 0 fully saturated rings. The van der Waals surface area contributed by atoms with Crippen molar-refractivity contribution in [1.29, 1.82) is 0 Å². The van der Waals surface area contributed by atoms with Crippen LogP contribution in [0.4, 0.5) is 0 Å². The van der Waals surface area contributed by atoms with Gasteiger partial charge in [0.05, 0.1) is 0 Å². The molecule has 0 spiro atoms. The Bertz CT molecular complexity index is 1160. The molecule has 0 radical (unpaired) electrons. The van der Waals surface area contributed by atoms with Gasteiger partial charge in [-0.3, -0.25) is 9.78 Å². The van der Waals surface area contributed by atoms with E-state index in [0.29, 0.717) is 33.8 Å². The van der Waals surface area contributed by atoms with Gasteiger partial charge in [0.2, 0.25) is 0 Å². The van der Waals surface area contributed by atoms with Crippen LogP contribution in [0.1, 0.15) is 15.9 Å². The van der Waals surface area contributed by atoms with E-state index in [0.717, 1.165) is 10.5 Å². The molecule has 1 amide bonds. The first-order valence-electron chi connectivity index (χ1n) is 9.37. The Labute approximate surface area is 188 Å². The Morgan fingerprint density at radius 3 is 2.48 bits per heavy atom. The molecule has 2 aromatic carbocycles. The summed E-state index contributed by atoms with van der Waals surface area (Å²) in [6.07, 6.45) is 6.60. The van der Waals surface area contributed by atoms with Gasteiger partial charge in [-0.1, -0.05) is 29.4 Å². The largest absolute Gasteiger partial charge is 0.437 e. The van der Waals surface area contributed by atoms with Crippen LogP contribution in [0.2, 0.25) is 5.02 Å². The van der Waals surface area contributed by atoms with Gasteiger partial charge in [0, 0.05) is 46.8 Å². The average Bonchev–Trinajstić information content (AvgIpc) is 2.81. The molecule has 0 aliphatic rings.